The van der Waals surface area contributed by atoms with Crippen LogP contribution in [0.1, 0.15) is 11.1 Å². The van der Waals surface area contributed by atoms with Gasteiger partial charge in [0.1, 0.15) is 0 Å². The van der Waals surface area contributed by atoms with Gasteiger partial charge in [-0.3, -0.25) is 4.99 Å². The summed E-state index contributed by atoms with van der Waals surface area (Å²) in [7, 11) is 0. The Labute approximate surface area is 70.8 Å². The lowest BCUT2D eigenvalue weighted by Gasteiger charge is -2.09. The van der Waals surface area contributed by atoms with Crippen molar-refractivity contribution in [2.75, 3.05) is 0 Å². The van der Waals surface area contributed by atoms with Crippen molar-refractivity contribution < 1.29 is 0 Å². The summed E-state index contributed by atoms with van der Waals surface area (Å²) in [6.07, 6.45) is 1.76. The molecule has 2 rings (SSSR count). The number of aliphatic imine (C=N–C) groups is 1. The topological polar surface area (TPSA) is 12.4 Å². The maximum absolute atomic E-state index is 5.11. The largest absolute Gasteiger partial charge is 0.287 e. The van der Waals surface area contributed by atoms with Crippen LogP contribution >= 0.6 is 12.2 Å². The quantitative estimate of drug-likeness (QED) is 0.530. The first kappa shape index (κ1) is 6.68. The van der Waals surface area contributed by atoms with Crippen molar-refractivity contribution in [2.24, 2.45) is 4.99 Å². The van der Waals surface area contributed by atoms with Crippen LogP contribution in [-0.2, 0) is 6.54 Å². The number of nitrogens with zero attached hydrogens (tertiary/aromatic N) is 1. The van der Waals surface area contributed by atoms with E-state index in [-0.39, 0.29) is 0 Å². The molecular weight excluding hydrogens is 154 g/mol. The highest BCUT2D eigenvalue weighted by Gasteiger charge is 2.07. The summed E-state index contributed by atoms with van der Waals surface area (Å²) >= 11 is 5.11. The highest BCUT2D eigenvalue weighted by atomic mass is 32.1. The molecule has 1 aliphatic heterocycles. The first-order chi connectivity index (χ1) is 5.38. The Hall–Kier alpha value is -1.02. The van der Waals surface area contributed by atoms with E-state index in [9.17, 15) is 0 Å². The van der Waals surface area contributed by atoms with Crippen molar-refractivity contribution in [1.82, 2.24) is 0 Å². The average molecular weight is 161 g/mol. The fourth-order valence-corrected chi connectivity index (χ4v) is 1.47. The van der Waals surface area contributed by atoms with Crippen LogP contribution in [0.5, 0.6) is 0 Å². The van der Waals surface area contributed by atoms with E-state index in [1.54, 1.807) is 6.21 Å². The van der Waals surface area contributed by atoms with Crippen molar-refractivity contribution in [3.8, 4) is 0 Å². The van der Waals surface area contributed by atoms with Crippen LogP contribution in [0.3, 0.4) is 0 Å². The Morgan fingerprint density at radius 3 is 2.91 bits per heavy atom. The third-order valence-electron chi connectivity index (χ3n) is 1.75. The minimum Gasteiger partial charge on any atom is -0.287 e. The van der Waals surface area contributed by atoms with Gasteiger partial charge in [-0.25, -0.2) is 0 Å². The van der Waals surface area contributed by atoms with Crippen LogP contribution in [0.2, 0.25) is 0 Å². The fourth-order valence-electron chi connectivity index (χ4n) is 1.20. The molecule has 0 aromatic heterocycles. The zero-order chi connectivity index (χ0) is 7.68. The number of hydrogen-bond donors (Lipinski definition) is 0. The van der Waals surface area contributed by atoms with Crippen LogP contribution in [0.15, 0.2) is 29.3 Å². The summed E-state index contributed by atoms with van der Waals surface area (Å²) in [5, 5.41) is 0. The second-order valence-electron chi connectivity index (χ2n) is 2.49. The third kappa shape index (κ3) is 1.10. The molecule has 1 aromatic carbocycles. The molecule has 0 bridgehead atoms. The van der Waals surface area contributed by atoms with E-state index in [1.165, 1.54) is 5.56 Å². The van der Waals surface area contributed by atoms with E-state index in [4.69, 9.17) is 12.2 Å². The van der Waals surface area contributed by atoms with Gasteiger partial charge < -0.3 is 0 Å². The molecule has 1 heterocycles. The van der Waals surface area contributed by atoms with Gasteiger partial charge in [-0.05, 0) is 11.1 Å². The first-order valence-electron chi connectivity index (χ1n) is 3.50. The Kier molecular flexibility index (Phi) is 1.55. The van der Waals surface area contributed by atoms with Crippen molar-refractivity contribution >= 4 is 23.3 Å². The molecule has 0 saturated heterocycles. The summed E-state index contributed by atoms with van der Waals surface area (Å²) in [6.45, 7) is 0.774. The van der Waals surface area contributed by atoms with Crippen LogP contribution in [0.4, 0.5) is 0 Å². The molecule has 0 atom stereocenters. The van der Waals surface area contributed by atoms with Crippen molar-refractivity contribution in [3.63, 3.8) is 0 Å². The summed E-state index contributed by atoms with van der Waals surface area (Å²) in [6, 6.07) is 8.13. The van der Waals surface area contributed by atoms with Crippen molar-refractivity contribution in [2.45, 2.75) is 6.54 Å². The number of fused-ring (bicyclic) bond motifs is 1. The van der Waals surface area contributed by atoms with Gasteiger partial charge in [0.05, 0.1) is 11.4 Å². The maximum atomic E-state index is 5.11. The standard InChI is InChI=1S/C9H7NS/c11-9-6-10-5-7-3-1-2-4-8(7)9/h1-4,6H,5H2. The van der Waals surface area contributed by atoms with E-state index >= 15 is 0 Å². The number of benzene rings is 1. The third-order valence-corrected chi connectivity index (χ3v) is 2.08. The Morgan fingerprint density at radius 1 is 1.27 bits per heavy atom. The first-order valence-corrected chi connectivity index (χ1v) is 3.91. The smallest absolute Gasteiger partial charge is 0.0646 e. The molecule has 1 aromatic rings. The highest BCUT2D eigenvalue weighted by molar-refractivity contribution is 7.82. The van der Waals surface area contributed by atoms with E-state index in [0.717, 1.165) is 17.0 Å². The Bertz CT molecular complexity index is 328. The van der Waals surface area contributed by atoms with Crippen LogP contribution in [-0.4, -0.2) is 11.1 Å². The molecule has 1 nitrogen and oxygen atoms in total. The normalized spacial score (nSPS) is 14.7. The van der Waals surface area contributed by atoms with Gasteiger partial charge >= 0.3 is 0 Å². The van der Waals surface area contributed by atoms with Crippen molar-refractivity contribution in [1.29, 1.82) is 0 Å². The molecule has 0 aliphatic carbocycles. The van der Waals surface area contributed by atoms with Crippen LogP contribution in [0.25, 0.3) is 0 Å². The van der Waals surface area contributed by atoms with Crippen LogP contribution in [0, 0.1) is 0 Å². The molecule has 1 aliphatic rings. The lowest BCUT2D eigenvalue weighted by molar-refractivity contribution is 1.07. The molecule has 0 N–H and O–H groups in total. The molecule has 0 amide bonds. The molecule has 0 fully saturated rings. The zero-order valence-electron chi connectivity index (χ0n) is 5.95. The molecule has 11 heavy (non-hydrogen) atoms. The second kappa shape index (κ2) is 2.55. The van der Waals surface area contributed by atoms with Crippen molar-refractivity contribution in [3.05, 3.63) is 35.4 Å². The van der Waals surface area contributed by atoms with Gasteiger partial charge in [-0.15, -0.1) is 0 Å². The van der Waals surface area contributed by atoms with Gasteiger partial charge in [0, 0.05) is 6.21 Å². The molecule has 2 heteroatoms. The molecule has 0 unspecified atom stereocenters. The highest BCUT2D eigenvalue weighted by Crippen LogP contribution is 2.13. The molecule has 0 spiro atoms. The van der Waals surface area contributed by atoms with Crippen LogP contribution < -0.4 is 0 Å². The second-order valence-corrected chi connectivity index (χ2v) is 2.93. The molecular formula is C9H7NS. The summed E-state index contributed by atoms with van der Waals surface area (Å²) in [4.78, 5) is 4.99. The zero-order valence-corrected chi connectivity index (χ0v) is 6.77. The van der Waals surface area contributed by atoms with Gasteiger partial charge in [0.2, 0.25) is 0 Å². The Balaban J connectivity index is 2.59. The fraction of sp³-hybridized carbons (Fsp3) is 0.111. The molecule has 0 radical (unpaired) electrons. The monoisotopic (exact) mass is 161 g/mol. The van der Waals surface area contributed by atoms with E-state index in [1.807, 2.05) is 18.2 Å². The minimum absolute atomic E-state index is 0.774. The van der Waals surface area contributed by atoms with Gasteiger partial charge in [-0.2, -0.15) is 0 Å². The summed E-state index contributed by atoms with van der Waals surface area (Å²) in [5.41, 5.74) is 2.40. The van der Waals surface area contributed by atoms with Gasteiger partial charge in [0.15, 0.2) is 0 Å². The predicted octanol–water partition coefficient (Wildman–Crippen LogP) is 1.99. The lowest BCUT2D eigenvalue weighted by atomic mass is 10.0. The maximum Gasteiger partial charge on any atom is 0.0646 e. The van der Waals surface area contributed by atoms with E-state index < -0.39 is 0 Å². The molecule has 54 valence electrons. The Morgan fingerprint density at radius 2 is 2.09 bits per heavy atom. The minimum atomic E-state index is 0.774. The molecule has 0 saturated carbocycles. The van der Waals surface area contributed by atoms with Gasteiger partial charge in [-0.1, -0.05) is 36.5 Å². The van der Waals surface area contributed by atoms with Gasteiger partial charge in [0.25, 0.3) is 0 Å². The SMILES string of the molecule is S=C1C=NCc2ccccc21. The number of thiocarbonyl (C=S) groups is 1. The van der Waals surface area contributed by atoms with E-state index in [2.05, 4.69) is 11.1 Å². The predicted molar refractivity (Wildman–Crippen MR) is 50.3 cm³/mol. The number of rotatable bonds is 0. The number of hydrogen-bond acceptors (Lipinski definition) is 2. The summed E-state index contributed by atoms with van der Waals surface area (Å²) in [5.74, 6) is 0. The summed E-state index contributed by atoms with van der Waals surface area (Å²) < 4.78 is 0. The lowest BCUT2D eigenvalue weighted by Crippen LogP contribution is -2.07. The average Bonchev–Trinajstić information content (AvgIpc) is 2.06. The van der Waals surface area contributed by atoms with E-state index in [0.29, 0.717) is 0 Å².